The van der Waals surface area contributed by atoms with Crippen molar-refractivity contribution in [3.05, 3.63) is 85.9 Å². The number of amidine groups is 1. The molecule has 39 heavy (non-hydrogen) atoms. The molecule has 3 aromatic rings. The van der Waals surface area contributed by atoms with Crippen LogP contribution in [0.5, 0.6) is 0 Å². The average molecular weight is 536 g/mol. The molecule has 1 atom stereocenters. The SMILES string of the molecule is CC(=O)Nc1cccc(-n2c3c(c(=O)n(C4CC4)c2=O)C(=Nc2ccc(C)cc2F)N(C)C(=O)C3(C)OO)c1. The van der Waals surface area contributed by atoms with E-state index in [0.717, 1.165) is 14.0 Å². The molecule has 202 valence electrons. The number of aryl methyl sites for hydroxylation is 1. The number of rotatable bonds is 5. The van der Waals surface area contributed by atoms with Gasteiger partial charge in [0.25, 0.3) is 11.5 Å². The number of nitrogens with zero attached hydrogens (tertiary/aromatic N) is 4. The summed E-state index contributed by atoms with van der Waals surface area (Å²) in [5, 5.41) is 12.7. The molecule has 1 aliphatic heterocycles. The van der Waals surface area contributed by atoms with Crippen LogP contribution in [0.3, 0.4) is 0 Å². The number of aromatic nitrogens is 2. The Morgan fingerprint density at radius 3 is 2.51 bits per heavy atom. The summed E-state index contributed by atoms with van der Waals surface area (Å²) in [4.78, 5) is 63.2. The van der Waals surface area contributed by atoms with Gasteiger partial charge < -0.3 is 5.32 Å². The van der Waals surface area contributed by atoms with Crippen molar-refractivity contribution >= 4 is 29.0 Å². The highest BCUT2D eigenvalue weighted by Gasteiger charge is 2.52. The van der Waals surface area contributed by atoms with Crippen molar-refractivity contribution < 1.29 is 24.1 Å². The fourth-order valence-corrected chi connectivity index (χ4v) is 4.81. The molecule has 2 aromatic carbocycles. The molecule has 2 heterocycles. The van der Waals surface area contributed by atoms with Gasteiger partial charge in [0.2, 0.25) is 11.5 Å². The van der Waals surface area contributed by atoms with Crippen LogP contribution in [0.2, 0.25) is 0 Å². The van der Waals surface area contributed by atoms with Crippen LogP contribution >= 0.6 is 0 Å². The molecule has 11 nitrogen and oxygen atoms in total. The first-order chi connectivity index (χ1) is 18.5. The lowest BCUT2D eigenvalue weighted by Crippen LogP contribution is -2.59. The monoisotopic (exact) mass is 535 g/mol. The number of anilines is 1. The number of carbonyl (C=O) groups excluding carboxylic acids is 2. The van der Waals surface area contributed by atoms with Crippen molar-refractivity contribution in [1.29, 1.82) is 0 Å². The summed E-state index contributed by atoms with van der Waals surface area (Å²) >= 11 is 0. The summed E-state index contributed by atoms with van der Waals surface area (Å²) in [5.74, 6) is -2.08. The minimum atomic E-state index is -2.21. The van der Waals surface area contributed by atoms with Gasteiger partial charge in [0.1, 0.15) is 17.1 Å². The van der Waals surface area contributed by atoms with Gasteiger partial charge in [-0.2, -0.15) is 0 Å². The van der Waals surface area contributed by atoms with E-state index in [1.807, 2.05) is 0 Å². The summed E-state index contributed by atoms with van der Waals surface area (Å²) in [7, 11) is 1.32. The number of fused-ring (bicyclic) bond motifs is 1. The standard InChI is InChI=1S/C27H26FN5O6/c1-14-8-11-20(19(28)12-14)30-23-21-22(27(3,39-38)25(36)31(23)4)32(26(37)33(24(21)35)17-9-10-17)18-7-5-6-16(13-18)29-15(2)34/h5-8,11-13,17,38H,9-10H2,1-4H3,(H,29,34). The molecule has 2 amide bonds. The lowest BCUT2D eigenvalue weighted by molar-refractivity contribution is -0.316. The Bertz CT molecular complexity index is 1690. The number of hydrogen-bond donors (Lipinski definition) is 2. The van der Waals surface area contributed by atoms with Crippen molar-refractivity contribution in [2.75, 3.05) is 12.4 Å². The van der Waals surface area contributed by atoms with Crippen molar-refractivity contribution in [2.45, 2.75) is 45.3 Å². The number of nitrogens with one attached hydrogen (secondary N) is 1. The largest absolute Gasteiger partial charge is 0.336 e. The van der Waals surface area contributed by atoms with Crippen molar-refractivity contribution in [2.24, 2.45) is 4.99 Å². The van der Waals surface area contributed by atoms with E-state index in [1.54, 1.807) is 31.2 Å². The number of carbonyl (C=O) groups is 2. The summed E-state index contributed by atoms with van der Waals surface area (Å²) in [5.41, 5.74) is -3.13. The minimum Gasteiger partial charge on any atom is -0.326 e. The van der Waals surface area contributed by atoms with E-state index in [2.05, 4.69) is 10.3 Å². The fourth-order valence-electron chi connectivity index (χ4n) is 4.81. The fraction of sp³-hybridized carbons (Fsp3) is 0.296. The molecule has 1 aromatic heterocycles. The molecule has 0 saturated heterocycles. The smallest absolute Gasteiger partial charge is 0.326 e. The second-order valence-corrected chi connectivity index (χ2v) is 9.86. The van der Waals surface area contributed by atoms with Gasteiger partial charge in [-0.3, -0.25) is 33.7 Å². The molecule has 1 aliphatic carbocycles. The molecule has 2 N–H and O–H groups in total. The van der Waals surface area contributed by atoms with Crippen LogP contribution in [0, 0.1) is 12.7 Å². The van der Waals surface area contributed by atoms with E-state index in [4.69, 9.17) is 4.89 Å². The summed E-state index contributed by atoms with van der Waals surface area (Å²) in [6, 6.07) is 10.1. The first-order valence-electron chi connectivity index (χ1n) is 12.2. The van der Waals surface area contributed by atoms with Gasteiger partial charge in [-0.15, -0.1) is 0 Å². The van der Waals surface area contributed by atoms with Gasteiger partial charge in [0, 0.05) is 25.7 Å². The zero-order valence-corrected chi connectivity index (χ0v) is 21.7. The summed E-state index contributed by atoms with van der Waals surface area (Å²) in [6.45, 7) is 4.26. The number of amides is 2. The Labute approximate surface area is 221 Å². The lowest BCUT2D eigenvalue weighted by Gasteiger charge is -2.38. The molecule has 0 radical (unpaired) electrons. The Kier molecular flexibility index (Phi) is 6.31. The molecular formula is C27H26FN5O6. The second kappa shape index (κ2) is 9.40. The molecule has 1 saturated carbocycles. The zero-order chi connectivity index (χ0) is 28.2. The van der Waals surface area contributed by atoms with E-state index < -0.39 is 28.6 Å². The van der Waals surface area contributed by atoms with Crippen molar-refractivity contribution in [3.8, 4) is 5.69 Å². The first-order valence-corrected chi connectivity index (χ1v) is 12.2. The topological polar surface area (TPSA) is 135 Å². The third-order valence-corrected chi connectivity index (χ3v) is 6.85. The quantitative estimate of drug-likeness (QED) is 0.381. The van der Waals surface area contributed by atoms with Crippen LogP contribution in [0.1, 0.15) is 49.6 Å². The summed E-state index contributed by atoms with van der Waals surface area (Å²) < 4.78 is 17.0. The Morgan fingerprint density at radius 1 is 1.18 bits per heavy atom. The maximum Gasteiger partial charge on any atom is 0.336 e. The minimum absolute atomic E-state index is 0.127. The average Bonchev–Trinajstić information content (AvgIpc) is 3.71. The number of halogens is 1. The highest BCUT2D eigenvalue weighted by Crippen LogP contribution is 2.38. The van der Waals surface area contributed by atoms with Gasteiger partial charge in [-0.1, -0.05) is 12.1 Å². The van der Waals surface area contributed by atoms with Gasteiger partial charge >= 0.3 is 5.69 Å². The van der Waals surface area contributed by atoms with Crippen LogP contribution in [0.15, 0.2) is 57.0 Å². The maximum atomic E-state index is 14.9. The van der Waals surface area contributed by atoms with Crippen LogP contribution < -0.4 is 16.6 Å². The second-order valence-electron chi connectivity index (χ2n) is 9.86. The predicted octanol–water partition coefficient (Wildman–Crippen LogP) is 3.00. The number of hydrogen-bond acceptors (Lipinski definition) is 7. The Hall–Kier alpha value is -4.42. The molecule has 1 unspecified atom stereocenters. The molecule has 2 aliphatic rings. The molecule has 0 spiro atoms. The highest BCUT2D eigenvalue weighted by atomic mass is 19.1. The summed E-state index contributed by atoms with van der Waals surface area (Å²) in [6.07, 6.45) is 1.17. The van der Waals surface area contributed by atoms with E-state index in [0.29, 0.717) is 24.1 Å². The number of likely N-dealkylation sites (N-methyl/N-ethyl adjacent to an activating group) is 1. The molecule has 5 rings (SSSR count). The van der Waals surface area contributed by atoms with Crippen LogP contribution in [0.25, 0.3) is 5.69 Å². The molecular weight excluding hydrogens is 509 g/mol. The van der Waals surface area contributed by atoms with Crippen LogP contribution in [-0.2, 0) is 20.1 Å². The van der Waals surface area contributed by atoms with Crippen LogP contribution in [0.4, 0.5) is 15.8 Å². The molecule has 12 heteroatoms. The van der Waals surface area contributed by atoms with Gasteiger partial charge in [0.15, 0.2) is 5.84 Å². The Balaban J connectivity index is 1.92. The van der Waals surface area contributed by atoms with Crippen molar-refractivity contribution in [1.82, 2.24) is 14.0 Å². The molecule has 1 fully saturated rings. The third kappa shape index (κ3) is 4.27. The van der Waals surface area contributed by atoms with Crippen molar-refractivity contribution in [3.63, 3.8) is 0 Å². The van der Waals surface area contributed by atoms with Gasteiger partial charge in [-0.05, 0) is 62.6 Å². The normalized spacial score (nSPS) is 19.8. The third-order valence-electron chi connectivity index (χ3n) is 6.85. The van der Waals surface area contributed by atoms with E-state index >= 15 is 0 Å². The van der Waals surface area contributed by atoms with Crippen LogP contribution in [-0.4, -0.2) is 44.0 Å². The van der Waals surface area contributed by atoms with Gasteiger partial charge in [0.05, 0.1) is 11.4 Å². The zero-order valence-electron chi connectivity index (χ0n) is 21.7. The highest BCUT2D eigenvalue weighted by molar-refractivity contribution is 6.15. The Morgan fingerprint density at radius 2 is 1.90 bits per heavy atom. The maximum absolute atomic E-state index is 14.9. The first kappa shape index (κ1) is 26.2. The number of aliphatic imine (C=N–C) groups is 1. The predicted molar refractivity (Wildman–Crippen MR) is 140 cm³/mol. The molecule has 0 bridgehead atoms. The van der Waals surface area contributed by atoms with E-state index in [-0.39, 0.29) is 40.4 Å². The van der Waals surface area contributed by atoms with Gasteiger partial charge in [-0.25, -0.2) is 19.1 Å². The van der Waals surface area contributed by atoms with E-state index in [9.17, 15) is 28.8 Å². The number of benzene rings is 2. The lowest BCUT2D eigenvalue weighted by atomic mass is 9.90. The van der Waals surface area contributed by atoms with E-state index in [1.165, 1.54) is 39.1 Å².